The fourth-order valence-corrected chi connectivity index (χ4v) is 4.39. The average molecular weight is 534 g/mol. The van der Waals surface area contributed by atoms with Crippen LogP contribution in [0.3, 0.4) is 0 Å². The molecule has 2 heterocycles. The van der Waals surface area contributed by atoms with Gasteiger partial charge in [-0.2, -0.15) is 5.10 Å². The van der Waals surface area contributed by atoms with Crippen LogP contribution < -0.4 is 0 Å². The third-order valence-corrected chi connectivity index (χ3v) is 6.52. The van der Waals surface area contributed by atoms with E-state index in [9.17, 15) is 0 Å². The van der Waals surface area contributed by atoms with Gasteiger partial charge in [0.05, 0.1) is 16.4 Å². The number of halogens is 3. The molecule has 2 aromatic carbocycles. The van der Waals surface area contributed by atoms with Gasteiger partial charge >= 0.3 is 0 Å². The summed E-state index contributed by atoms with van der Waals surface area (Å²) in [5, 5.41) is 15.1. The minimum atomic E-state index is -0.714. The molecule has 0 aliphatic carbocycles. The molecule has 184 valence electrons. The van der Waals surface area contributed by atoms with Crippen LogP contribution in [0, 0.1) is 6.92 Å². The van der Waals surface area contributed by atoms with Gasteiger partial charge in [0.15, 0.2) is 5.69 Å². The quantitative estimate of drug-likeness (QED) is 0.202. The molecule has 2 aromatic heterocycles. The van der Waals surface area contributed by atoms with E-state index in [1.54, 1.807) is 16.8 Å². The molecule has 6 nitrogen and oxygen atoms in total. The summed E-state index contributed by atoms with van der Waals surface area (Å²) in [6.45, 7) is 8.60. The highest BCUT2D eigenvalue weighted by Crippen LogP contribution is 2.37. The Morgan fingerprint density at radius 2 is 1.69 bits per heavy atom. The first-order chi connectivity index (χ1) is 16.7. The van der Waals surface area contributed by atoms with Gasteiger partial charge in [0.25, 0.3) is 5.89 Å². The number of rotatable bonds is 9. The standard InChI is InChI=1S/C26H27Cl3N4O2/c1-5-6-7-14-34-26(3,4)25-31-30-24(35-25)22-16(2)23(17-8-10-18(27)11-9-17)33(32-22)21-13-12-19(28)15-20(21)29/h8-13,15H,5-7,14H2,1-4H3. The predicted molar refractivity (Wildman–Crippen MR) is 141 cm³/mol. The second-order valence-corrected chi connectivity index (χ2v) is 10.1. The van der Waals surface area contributed by atoms with Crippen LogP contribution in [-0.2, 0) is 10.3 Å². The van der Waals surface area contributed by atoms with Crippen LogP contribution in [0.2, 0.25) is 15.1 Å². The lowest BCUT2D eigenvalue weighted by Crippen LogP contribution is -2.22. The third-order valence-electron chi connectivity index (χ3n) is 5.73. The van der Waals surface area contributed by atoms with Gasteiger partial charge in [0, 0.05) is 27.8 Å². The van der Waals surface area contributed by atoms with Crippen LogP contribution in [0.1, 0.15) is 51.5 Å². The fourth-order valence-electron chi connectivity index (χ4n) is 3.78. The second-order valence-electron chi connectivity index (χ2n) is 8.81. The first-order valence-electron chi connectivity index (χ1n) is 11.5. The maximum Gasteiger partial charge on any atom is 0.268 e. The van der Waals surface area contributed by atoms with E-state index in [-0.39, 0.29) is 0 Å². The Balaban J connectivity index is 1.78. The van der Waals surface area contributed by atoms with Crippen molar-refractivity contribution in [3.05, 3.63) is 69.0 Å². The summed E-state index contributed by atoms with van der Waals surface area (Å²) in [6.07, 6.45) is 3.23. The molecule has 0 atom stereocenters. The van der Waals surface area contributed by atoms with E-state index in [1.165, 1.54) is 0 Å². The largest absolute Gasteiger partial charge is 0.416 e. The SMILES string of the molecule is CCCCCOC(C)(C)c1nnc(-c2nn(-c3ccc(Cl)cc3Cl)c(-c3ccc(Cl)cc3)c2C)o1. The minimum absolute atomic E-state index is 0.307. The summed E-state index contributed by atoms with van der Waals surface area (Å²) in [5.41, 5.74) is 3.12. The van der Waals surface area contributed by atoms with Crippen molar-refractivity contribution in [3.63, 3.8) is 0 Å². The van der Waals surface area contributed by atoms with Crippen LogP contribution in [0.5, 0.6) is 0 Å². The van der Waals surface area contributed by atoms with Crippen LogP contribution in [0.15, 0.2) is 46.9 Å². The van der Waals surface area contributed by atoms with Crippen LogP contribution in [0.25, 0.3) is 28.5 Å². The average Bonchev–Trinajstić information content (AvgIpc) is 3.43. The number of benzene rings is 2. The number of hydrogen-bond donors (Lipinski definition) is 0. The normalized spacial score (nSPS) is 11.9. The Morgan fingerprint density at radius 3 is 2.37 bits per heavy atom. The topological polar surface area (TPSA) is 66.0 Å². The molecule has 0 saturated carbocycles. The predicted octanol–water partition coefficient (Wildman–Crippen LogP) is 8.30. The molecule has 0 amide bonds. The Bertz CT molecular complexity index is 1310. The van der Waals surface area contributed by atoms with Crippen LogP contribution >= 0.6 is 34.8 Å². The van der Waals surface area contributed by atoms with Gasteiger partial charge in [0.1, 0.15) is 5.60 Å². The van der Waals surface area contributed by atoms with E-state index in [4.69, 9.17) is 49.1 Å². The lowest BCUT2D eigenvalue weighted by atomic mass is 10.1. The van der Waals surface area contributed by atoms with Crippen LogP contribution in [0.4, 0.5) is 0 Å². The summed E-state index contributed by atoms with van der Waals surface area (Å²) in [6, 6.07) is 12.8. The summed E-state index contributed by atoms with van der Waals surface area (Å²) in [4.78, 5) is 0. The Labute approximate surface area is 220 Å². The molecule has 35 heavy (non-hydrogen) atoms. The van der Waals surface area contributed by atoms with Crippen molar-refractivity contribution < 1.29 is 9.15 Å². The van der Waals surface area contributed by atoms with E-state index in [2.05, 4.69) is 17.1 Å². The van der Waals surface area contributed by atoms with Crippen molar-refractivity contribution in [1.29, 1.82) is 0 Å². The first-order valence-corrected chi connectivity index (χ1v) is 12.6. The zero-order valence-electron chi connectivity index (χ0n) is 20.1. The van der Waals surface area contributed by atoms with Crippen molar-refractivity contribution in [2.24, 2.45) is 0 Å². The summed E-state index contributed by atoms with van der Waals surface area (Å²) < 4.78 is 13.9. The van der Waals surface area contributed by atoms with Gasteiger partial charge in [-0.1, -0.05) is 66.7 Å². The number of unbranched alkanes of at least 4 members (excludes halogenated alkanes) is 2. The zero-order chi connectivity index (χ0) is 25.2. The fraction of sp³-hybridized carbons (Fsp3) is 0.346. The molecule has 0 N–H and O–H groups in total. The van der Waals surface area contributed by atoms with Gasteiger partial charge in [-0.3, -0.25) is 0 Å². The summed E-state index contributed by atoms with van der Waals surface area (Å²) in [5.74, 6) is 0.706. The summed E-state index contributed by atoms with van der Waals surface area (Å²) in [7, 11) is 0. The van der Waals surface area contributed by atoms with Crippen molar-refractivity contribution in [2.45, 2.75) is 52.6 Å². The highest BCUT2D eigenvalue weighted by molar-refractivity contribution is 6.35. The zero-order valence-corrected chi connectivity index (χ0v) is 22.4. The molecule has 4 rings (SSSR count). The van der Waals surface area contributed by atoms with Crippen molar-refractivity contribution >= 4 is 34.8 Å². The van der Waals surface area contributed by atoms with Crippen LogP contribution in [-0.4, -0.2) is 26.6 Å². The van der Waals surface area contributed by atoms with Crippen molar-refractivity contribution in [1.82, 2.24) is 20.0 Å². The van der Waals surface area contributed by atoms with E-state index in [0.29, 0.717) is 44.8 Å². The molecule has 0 radical (unpaired) electrons. The second kappa shape index (κ2) is 10.7. The Morgan fingerprint density at radius 1 is 0.971 bits per heavy atom. The highest BCUT2D eigenvalue weighted by Gasteiger charge is 2.30. The van der Waals surface area contributed by atoms with Crippen molar-refractivity contribution in [2.75, 3.05) is 6.61 Å². The molecule has 0 bridgehead atoms. The third kappa shape index (κ3) is 5.56. The molecular formula is C26H27Cl3N4O2. The van der Waals surface area contributed by atoms with E-state index in [0.717, 1.165) is 36.1 Å². The molecule has 4 aromatic rings. The maximum absolute atomic E-state index is 6.56. The van der Waals surface area contributed by atoms with E-state index < -0.39 is 5.60 Å². The van der Waals surface area contributed by atoms with Gasteiger partial charge in [-0.15, -0.1) is 10.2 Å². The lowest BCUT2D eigenvalue weighted by Gasteiger charge is -2.20. The Hall–Kier alpha value is -2.38. The molecular weight excluding hydrogens is 507 g/mol. The molecule has 0 unspecified atom stereocenters. The maximum atomic E-state index is 6.56. The van der Waals surface area contributed by atoms with Gasteiger partial charge in [-0.25, -0.2) is 4.68 Å². The molecule has 0 fully saturated rings. The van der Waals surface area contributed by atoms with Gasteiger partial charge in [0.2, 0.25) is 5.89 Å². The lowest BCUT2D eigenvalue weighted by molar-refractivity contribution is -0.0417. The van der Waals surface area contributed by atoms with E-state index >= 15 is 0 Å². The first kappa shape index (κ1) is 25.7. The van der Waals surface area contributed by atoms with Gasteiger partial charge < -0.3 is 9.15 Å². The molecule has 0 aliphatic heterocycles. The number of aromatic nitrogens is 4. The molecule has 0 aliphatic rings. The monoisotopic (exact) mass is 532 g/mol. The summed E-state index contributed by atoms with van der Waals surface area (Å²) >= 11 is 18.8. The van der Waals surface area contributed by atoms with Gasteiger partial charge in [-0.05, 0) is 57.5 Å². The van der Waals surface area contributed by atoms with E-state index in [1.807, 2.05) is 51.1 Å². The highest BCUT2D eigenvalue weighted by atomic mass is 35.5. The Kier molecular flexibility index (Phi) is 7.86. The smallest absolute Gasteiger partial charge is 0.268 e. The molecule has 9 heteroatoms. The molecule has 0 spiro atoms. The number of ether oxygens (including phenoxy) is 1. The van der Waals surface area contributed by atoms with Crippen molar-refractivity contribution in [3.8, 4) is 28.5 Å². The number of nitrogens with zero attached hydrogens (tertiary/aromatic N) is 4. The number of hydrogen-bond acceptors (Lipinski definition) is 5. The molecule has 0 saturated heterocycles. The minimum Gasteiger partial charge on any atom is -0.416 e.